The van der Waals surface area contributed by atoms with Gasteiger partial charge in [0.25, 0.3) is 0 Å². The van der Waals surface area contributed by atoms with E-state index in [9.17, 15) is 4.79 Å². The molecule has 3 rings (SSSR count). The monoisotopic (exact) mass is 353 g/mol. The van der Waals surface area contributed by atoms with E-state index >= 15 is 0 Å². The number of hydrogen-bond donors (Lipinski definition) is 2. The molecule has 4 heteroatoms. The van der Waals surface area contributed by atoms with Crippen LogP contribution >= 0.6 is 0 Å². The zero-order valence-corrected chi connectivity index (χ0v) is 15.2. The molecule has 2 aromatic carbocycles. The summed E-state index contributed by atoms with van der Waals surface area (Å²) in [5.74, 6) is 0.169. The number of hydrogen-bond acceptors (Lipinski definition) is 3. The number of aliphatic carboxylic acids is 1. The maximum atomic E-state index is 10.7. The maximum absolute atomic E-state index is 10.7. The Balaban J connectivity index is 1.61. The maximum Gasteiger partial charge on any atom is 0.341 e. The van der Waals surface area contributed by atoms with Gasteiger partial charge in [-0.25, -0.2) is 4.79 Å². The van der Waals surface area contributed by atoms with Crippen LogP contribution in [-0.2, 0) is 4.79 Å². The molecule has 0 radical (unpaired) electrons. The Kier molecular flexibility index (Phi) is 6.29. The molecule has 3 unspecified atom stereocenters. The summed E-state index contributed by atoms with van der Waals surface area (Å²) in [7, 11) is 0. The SMILES string of the molecule is CC(NC1CCCC(c2cccc(OCC(=O)O)c2)C1)c1ccccc1. The van der Waals surface area contributed by atoms with Crippen molar-refractivity contribution >= 4 is 5.97 Å². The Morgan fingerprint density at radius 1 is 1.19 bits per heavy atom. The largest absolute Gasteiger partial charge is 0.482 e. The number of benzene rings is 2. The lowest BCUT2D eigenvalue weighted by Crippen LogP contribution is -2.35. The Labute approximate surface area is 155 Å². The zero-order valence-electron chi connectivity index (χ0n) is 15.2. The molecule has 0 bridgehead atoms. The first kappa shape index (κ1) is 18.5. The highest BCUT2D eigenvalue weighted by Gasteiger charge is 2.24. The van der Waals surface area contributed by atoms with Crippen LogP contribution < -0.4 is 10.1 Å². The van der Waals surface area contributed by atoms with Crippen molar-refractivity contribution in [3.63, 3.8) is 0 Å². The van der Waals surface area contributed by atoms with Gasteiger partial charge in [-0.2, -0.15) is 0 Å². The van der Waals surface area contributed by atoms with E-state index in [1.807, 2.05) is 24.3 Å². The van der Waals surface area contributed by atoms with Gasteiger partial charge in [0, 0.05) is 12.1 Å². The fourth-order valence-corrected chi connectivity index (χ4v) is 3.84. The van der Waals surface area contributed by atoms with Gasteiger partial charge in [0.15, 0.2) is 6.61 Å². The first-order valence-electron chi connectivity index (χ1n) is 9.37. The van der Waals surface area contributed by atoms with E-state index in [1.165, 1.54) is 30.4 Å². The first-order chi connectivity index (χ1) is 12.6. The molecule has 1 aliphatic rings. The molecule has 3 atom stereocenters. The molecule has 0 amide bonds. The number of ether oxygens (including phenoxy) is 1. The van der Waals surface area contributed by atoms with Crippen LogP contribution in [0.25, 0.3) is 0 Å². The van der Waals surface area contributed by atoms with Gasteiger partial charge >= 0.3 is 5.97 Å². The highest BCUT2D eigenvalue weighted by atomic mass is 16.5. The Bertz CT molecular complexity index is 716. The van der Waals surface area contributed by atoms with E-state index in [0.717, 1.165) is 6.42 Å². The first-order valence-corrected chi connectivity index (χ1v) is 9.37. The van der Waals surface area contributed by atoms with E-state index in [-0.39, 0.29) is 6.61 Å². The standard InChI is InChI=1S/C22H27NO3/c1-16(17-7-3-2-4-8-17)23-20-11-5-9-18(13-20)19-10-6-12-21(14-19)26-15-22(24)25/h2-4,6-8,10,12,14,16,18,20,23H,5,9,11,13,15H2,1H3,(H,24,25). The molecule has 2 N–H and O–H groups in total. The van der Waals surface area contributed by atoms with E-state index < -0.39 is 5.97 Å². The molecule has 1 aliphatic carbocycles. The molecular weight excluding hydrogens is 326 g/mol. The molecule has 0 aromatic heterocycles. The number of carboxylic acid groups (broad SMARTS) is 1. The Morgan fingerprint density at radius 3 is 2.77 bits per heavy atom. The summed E-state index contributed by atoms with van der Waals surface area (Å²) in [6, 6.07) is 19.3. The van der Waals surface area contributed by atoms with Crippen molar-refractivity contribution in [2.24, 2.45) is 0 Å². The molecule has 0 spiro atoms. The van der Waals surface area contributed by atoms with Gasteiger partial charge in [-0.05, 0) is 55.4 Å². The van der Waals surface area contributed by atoms with E-state index in [1.54, 1.807) is 0 Å². The summed E-state index contributed by atoms with van der Waals surface area (Å²) < 4.78 is 5.33. The van der Waals surface area contributed by atoms with Gasteiger partial charge in [-0.3, -0.25) is 0 Å². The normalized spacial score (nSPS) is 21.1. The second-order valence-corrected chi connectivity index (χ2v) is 7.11. The van der Waals surface area contributed by atoms with Crippen molar-refractivity contribution in [2.75, 3.05) is 6.61 Å². The Hall–Kier alpha value is -2.33. The lowest BCUT2D eigenvalue weighted by atomic mass is 9.81. The third kappa shape index (κ3) is 5.09. The van der Waals surface area contributed by atoms with Crippen molar-refractivity contribution < 1.29 is 14.6 Å². The van der Waals surface area contributed by atoms with Crippen LogP contribution in [0, 0.1) is 0 Å². The van der Waals surface area contributed by atoms with Crippen LogP contribution in [0.3, 0.4) is 0 Å². The minimum atomic E-state index is -0.952. The molecule has 1 saturated carbocycles. The second kappa shape index (κ2) is 8.86. The van der Waals surface area contributed by atoms with Gasteiger partial charge in [0.1, 0.15) is 5.75 Å². The van der Waals surface area contributed by atoms with Crippen LogP contribution in [-0.4, -0.2) is 23.7 Å². The van der Waals surface area contributed by atoms with E-state index in [4.69, 9.17) is 9.84 Å². The number of carbonyl (C=O) groups is 1. The van der Waals surface area contributed by atoms with Gasteiger partial charge < -0.3 is 15.2 Å². The molecule has 26 heavy (non-hydrogen) atoms. The molecule has 1 fully saturated rings. The lowest BCUT2D eigenvalue weighted by molar-refractivity contribution is -0.139. The zero-order chi connectivity index (χ0) is 18.4. The van der Waals surface area contributed by atoms with Crippen LogP contribution in [0.1, 0.15) is 55.7 Å². The third-order valence-electron chi connectivity index (χ3n) is 5.15. The van der Waals surface area contributed by atoms with Crippen molar-refractivity contribution in [3.8, 4) is 5.75 Å². The quantitative estimate of drug-likeness (QED) is 0.768. The smallest absolute Gasteiger partial charge is 0.341 e. The molecule has 0 aliphatic heterocycles. The Morgan fingerprint density at radius 2 is 2.00 bits per heavy atom. The highest BCUT2D eigenvalue weighted by Crippen LogP contribution is 2.35. The van der Waals surface area contributed by atoms with Crippen molar-refractivity contribution in [1.82, 2.24) is 5.32 Å². The second-order valence-electron chi connectivity index (χ2n) is 7.11. The molecule has 0 heterocycles. The summed E-state index contributed by atoms with van der Waals surface area (Å²) >= 11 is 0. The van der Waals surface area contributed by atoms with E-state index in [0.29, 0.717) is 23.8 Å². The minimum absolute atomic E-state index is 0.299. The number of rotatable bonds is 7. The van der Waals surface area contributed by atoms with Gasteiger partial charge in [0.05, 0.1) is 0 Å². The van der Waals surface area contributed by atoms with Crippen molar-refractivity contribution in [1.29, 1.82) is 0 Å². The van der Waals surface area contributed by atoms with Crippen LogP contribution in [0.2, 0.25) is 0 Å². The average molecular weight is 353 g/mol. The van der Waals surface area contributed by atoms with Crippen LogP contribution in [0.4, 0.5) is 0 Å². The topological polar surface area (TPSA) is 58.6 Å². The van der Waals surface area contributed by atoms with Gasteiger partial charge in [0.2, 0.25) is 0 Å². The fraction of sp³-hybridized carbons (Fsp3) is 0.409. The van der Waals surface area contributed by atoms with Crippen LogP contribution in [0.5, 0.6) is 5.75 Å². The summed E-state index contributed by atoms with van der Waals surface area (Å²) in [5.41, 5.74) is 2.56. The minimum Gasteiger partial charge on any atom is -0.482 e. The van der Waals surface area contributed by atoms with Gasteiger partial charge in [-0.15, -0.1) is 0 Å². The molecule has 138 valence electrons. The summed E-state index contributed by atoms with van der Waals surface area (Å²) in [4.78, 5) is 10.7. The number of nitrogens with one attached hydrogen (secondary N) is 1. The van der Waals surface area contributed by atoms with Gasteiger partial charge in [-0.1, -0.05) is 48.9 Å². The average Bonchev–Trinajstić information content (AvgIpc) is 2.67. The summed E-state index contributed by atoms with van der Waals surface area (Å²) in [5, 5.41) is 12.6. The lowest BCUT2D eigenvalue weighted by Gasteiger charge is -2.32. The van der Waals surface area contributed by atoms with Crippen molar-refractivity contribution in [2.45, 2.75) is 50.6 Å². The molecular formula is C22H27NO3. The summed E-state index contributed by atoms with van der Waals surface area (Å²) in [6.07, 6.45) is 4.66. The summed E-state index contributed by atoms with van der Waals surface area (Å²) in [6.45, 7) is 1.92. The molecule has 0 saturated heterocycles. The molecule has 4 nitrogen and oxygen atoms in total. The van der Waals surface area contributed by atoms with Crippen LogP contribution in [0.15, 0.2) is 54.6 Å². The highest BCUT2D eigenvalue weighted by molar-refractivity contribution is 5.68. The van der Waals surface area contributed by atoms with E-state index in [2.05, 4.69) is 42.6 Å². The predicted molar refractivity (Wildman–Crippen MR) is 103 cm³/mol. The predicted octanol–water partition coefficient (Wildman–Crippen LogP) is 4.53. The number of carboxylic acids is 1. The third-order valence-corrected chi connectivity index (χ3v) is 5.15. The fourth-order valence-electron chi connectivity index (χ4n) is 3.84. The molecule has 2 aromatic rings. The van der Waals surface area contributed by atoms with Crippen molar-refractivity contribution in [3.05, 3.63) is 65.7 Å².